The molecular formula is C14H14BN9. The van der Waals surface area contributed by atoms with Crippen LogP contribution in [0, 0.1) is 0 Å². The number of nitrogens with two attached hydrogens (primary N) is 2. The van der Waals surface area contributed by atoms with Crippen molar-refractivity contribution in [2.45, 2.75) is 0 Å². The maximum absolute atomic E-state index is 5.90. The summed E-state index contributed by atoms with van der Waals surface area (Å²) < 4.78 is 1.91. The summed E-state index contributed by atoms with van der Waals surface area (Å²) in [6.45, 7) is 0. The Morgan fingerprint density at radius 2 is 2.00 bits per heavy atom. The van der Waals surface area contributed by atoms with Crippen LogP contribution in [0.4, 0.5) is 17.2 Å². The van der Waals surface area contributed by atoms with Crippen LogP contribution in [0.3, 0.4) is 0 Å². The highest BCUT2D eigenvalue weighted by Gasteiger charge is 2.12. The molecule has 4 rings (SSSR count). The van der Waals surface area contributed by atoms with E-state index in [1.165, 1.54) is 4.79 Å². The fourth-order valence-electron chi connectivity index (χ4n) is 2.45. The summed E-state index contributed by atoms with van der Waals surface area (Å²) in [6.07, 6.45) is 10.4. The van der Waals surface area contributed by atoms with Gasteiger partial charge in [-0.15, -0.1) is 0 Å². The first-order chi connectivity index (χ1) is 11.6. The maximum Gasteiger partial charge on any atom is 0.180 e. The highest BCUT2D eigenvalue weighted by Crippen LogP contribution is 2.24. The van der Waals surface area contributed by atoms with Gasteiger partial charge in [0.1, 0.15) is 0 Å². The lowest BCUT2D eigenvalue weighted by Gasteiger charge is -2.08. The minimum Gasteiger partial charge on any atom is -0.398 e. The van der Waals surface area contributed by atoms with Crippen LogP contribution in [-0.2, 0) is 0 Å². The van der Waals surface area contributed by atoms with Gasteiger partial charge in [0.25, 0.3) is 0 Å². The summed E-state index contributed by atoms with van der Waals surface area (Å²) in [4.78, 5) is 14.3. The van der Waals surface area contributed by atoms with E-state index in [0.29, 0.717) is 17.2 Å². The van der Waals surface area contributed by atoms with Crippen molar-refractivity contribution in [1.82, 2.24) is 29.2 Å². The van der Waals surface area contributed by atoms with E-state index in [1.807, 2.05) is 24.5 Å². The molecule has 0 unspecified atom stereocenters. The molecule has 0 spiro atoms. The Bertz CT molecular complexity index is 1040. The van der Waals surface area contributed by atoms with E-state index in [-0.39, 0.29) is 0 Å². The van der Waals surface area contributed by atoms with E-state index in [9.17, 15) is 0 Å². The van der Waals surface area contributed by atoms with Crippen LogP contribution in [-0.4, -0.2) is 37.1 Å². The molecule has 0 aromatic carbocycles. The molecule has 0 bridgehead atoms. The van der Waals surface area contributed by atoms with E-state index in [1.54, 1.807) is 31.0 Å². The van der Waals surface area contributed by atoms with Crippen molar-refractivity contribution in [3.63, 3.8) is 0 Å². The third-order valence-electron chi connectivity index (χ3n) is 3.71. The average molecular weight is 319 g/mol. The molecule has 5 N–H and O–H groups in total. The molecule has 10 heteroatoms. The van der Waals surface area contributed by atoms with Gasteiger partial charge in [0.05, 0.1) is 30.0 Å². The summed E-state index contributed by atoms with van der Waals surface area (Å²) in [5, 5.41) is 7.19. The number of anilines is 3. The number of nitrogens with zero attached hydrogens (tertiary/aromatic N) is 6. The van der Waals surface area contributed by atoms with Gasteiger partial charge in [0, 0.05) is 35.4 Å². The molecule has 0 saturated heterocycles. The first-order valence-electron chi connectivity index (χ1n) is 7.23. The topological polar surface area (TPSA) is 125 Å². The van der Waals surface area contributed by atoms with Crippen LogP contribution in [0.1, 0.15) is 0 Å². The number of fused-ring (bicyclic) bond motifs is 1. The van der Waals surface area contributed by atoms with Gasteiger partial charge >= 0.3 is 0 Å². The molecule has 0 fully saturated rings. The molecule has 0 saturated carbocycles. The molecule has 4 heterocycles. The van der Waals surface area contributed by atoms with E-state index in [0.717, 1.165) is 22.5 Å². The van der Waals surface area contributed by atoms with Crippen LogP contribution in [0.5, 0.6) is 0 Å². The van der Waals surface area contributed by atoms with E-state index in [4.69, 9.17) is 11.6 Å². The van der Waals surface area contributed by atoms with Gasteiger partial charge in [-0.05, 0) is 6.07 Å². The second-order valence-electron chi connectivity index (χ2n) is 5.35. The van der Waals surface area contributed by atoms with Crippen molar-refractivity contribution in [3.8, 4) is 11.3 Å². The fourth-order valence-corrected chi connectivity index (χ4v) is 2.45. The third-order valence-corrected chi connectivity index (χ3v) is 3.71. The quantitative estimate of drug-likeness (QED) is 0.336. The number of hydrogen-bond donors (Lipinski definition) is 3. The number of aromatic nitrogens is 6. The summed E-state index contributed by atoms with van der Waals surface area (Å²) in [6, 6.07) is 1.82. The minimum atomic E-state index is 0.606. The zero-order valence-electron chi connectivity index (χ0n) is 12.9. The van der Waals surface area contributed by atoms with Crippen molar-refractivity contribution in [3.05, 3.63) is 43.2 Å². The number of pyridine rings is 1. The molecule has 4 aromatic rings. The van der Waals surface area contributed by atoms with Crippen LogP contribution in [0.25, 0.3) is 16.9 Å². The van der Waals surface area contributed by atoms with Gasteiger partial charge in [0.2, 0.25) is 0 Å². The number of nitrogen functional groups attached to an aromatic ring is 2. The van der Waals surface area contributed by atoms with Crippen molar-refractivity contribution < 1.29 is 0 Å². The second kappa shape index (κ2) is 5.27. The molecule has 24 heavy (non-hydrogen) atoms. The van der Waals surface area contributed by atoms with Gasteiger partial charge < -0.3 is 16.9 Å². The lowest BCUT2D eigenvalue weighted by molar-refractivity contribution is 0.832. The van der Waals surface area contributed by atoms with E-state index >= 15 is 0 Å². The van der Waals surface area contributed by atoms with Crippen LogP contribution in [0.2, 0.25) is 0 Å². The van der Waals surface area contributed by atoms with Crippen molar-refractivity contribution in [2.24, 2.45) is 0 Å². The van der Waals surface area contributed by atoms with Crippen LogP contribution >= 0.6 is 0 Å². The van der Waals surface area contributed by atoms with Crippen molar-refractivity contribution in [1.29, 1.82) is 0 Å². The Hall–Kier alpha value is -3.56. The lowest BCUT2D eigenvalue weighted by Crippen LogP contribution is -2.14. The summed E-state index contributed by atoms with van der Waals surface area (Å²) in [5.74, 6) is 6.23. The highest BCUT2D eigenvalue weighted by atomic mass is 15.5. The second-order valence-corrected chi connectivity index (χ2v) is 5.35. The molecule has 118 valence electrons. The highest BCUT2D eigenvalue weighted by molar-refractivity contribution is 6.33. The molecule has 0 atom stereocenters. The molecule has 0 aliphatic carbocycles. The first-order valence-corrected chi connectivity index (χ1v) is 7.23. The molecule has 0 amide bonds. The van der Waals surface area contributed by atoms with Crippen LogP contribution < -0.4 is 22.5 Å². The largest absolute Gasteiger partial charge is 0.398 e. The van der Waals surface area contributed by atoms with Gasteiger partial charge in [-0.25, -0.2) is 9.97 Å². The Morgan fingerprint density at radius 1 is 1.12 bits per heavy atom. The molecule has 0 radical (unpaired) electrons. The number of rotatable bonds is 3. The summed E-state index contributed by atoms with van der Waals surface area (Å²) in [7, 11) is 1.86. The lowest BCUT2D eigenvalue weighted by atomic mass is 10.0. The van der Waals surface area contributed by atoms with Crippen molar-refractivity contribution in [2.75, 3.05) is 16.9 Å². The molecule has 4 aromatic heterocycles. The molecule has 0 aliphatic rings. The van der Waals surface area contributed by atoms with E-state index < -0.39 is 0 Å². The number of hydrogen-bond acceptors (Lipinski definition) is 7. The Labute approximate surface area is 137 Å². The molecule has 9 nitrogen and oxygen atoms in total. The SMILES string of the molecule is Bc1ncc(Nc2nccn3c(-c4cnn(N)c4)cnc23)cc1N. The van der Waals surface area contributed by atoms with E-state index in [2.05, 4.69) is 25.4 Å². The number of imidazole rings is 1. The molecule has 0 aliphatic heterocycles. The first kappa shape index (κ1) is 14.1. The van der Waals surface area contributed by atoms with Gasteiger partial charge in [0.15, 0.2) is 19.3 Å². The fraction of sp³-hybridized carbons (Fsp3) is 0. The average Bonchev–Trinajstić information content (AvgIpc) is 3.17. The Balaban J connectivity index is 1.77. The zero-order chi connectivity index (χ0) is 16.7. The Kier molecular flexibility index (Phi) is 3.09. The third kappa shape index (κ3) is 2.30. The summed E-state index contributed by atoms with van der Waals surface area (Å²) in [5.41, 5.74) is 10.5. The normalized spacial score (nSPS) is 11.0. The van der Waals surface area contributed by atoms with Gasteiger partial charge in [-0.3, -0.25) is 9.38 Å². The van der Waals surface area contributed by atoms with Gasteiger partial charge in [-0.2, -0.15) is 9.89 Å². The predicted molar refractivity (Wildman–Crippen MR) is 94.5 cm³/mol. The monoisotopic (exact) mass is 319 g/mol. The summed E-state index contributed by atoms with van der Waals surface area (Å²) >= 11 is 0. The van der Waals surface area contributed by atoms with Crippen molar-refractivity contribution >= 4 is 36.3 Å². The minimum absolute atomic E-state index is 0.606. The zero-order valence-corrected chi connectivity index (χ0v) is 12.9. The maximum atomic E-state index is 5.90. The predicted octanol–water partition coefficient (Wildman–Crippen LogP) is -0.714. The van der Waals surface area contributed by atoms with Gasteiger partial charge in [-0.1, -0.05) is 0 Å². The molecular weight excluding hydrogens is 305 g/mol. The van der Waals surface area contributed by atoms with Crippen LogP contribution in [0.15, 0.2) is 43.2 Å². The number of nitrogens with one attached hydrogen (secondary N) is 1. The Morgan fingerprint density at radius 3 is 2.75 bits per heavy atom. The smallest absolute Gasteiger partial charge is 0.180 e. The standard InChI is InChI=1S/C14H14BN9/c15-12-10(16)3-9(5-19-12)22-13-14-20-6-11(23(14)2-1-18-13)8-4-21-24(17)7-8/h1-7H,15-17H2,(H,18,22).